The van der Waals surface area contributed by atoms with Gasteiger partial charge in [0.1, 0.15) is 25.2 Å². The summed E-state index contributed by atoms with van der Waals surface area (Å²) in [5.41, 5.74) is 0. The van der Waals surface area contributed by atoms with E-state index in [1.807, 2.05) is 6.92 Å². The Morgan fingerprint density at radius 1 is 1.14 bits per heavy atom. The van der Waals surface area contributed by atoms with Gasteiger partial charge < -0.3 is 19.1 Å². The first-order chi connectivity index (χ1) is 10.1. The lowest BCUT2D eigenvalue weighted by atomic mass is 10.4. The topological polar surface area (TPSA) is 90.8 Å². The quantitative estimate of drug-likeness (QED) is 0.637. The van der Waals surface area contributed by atoms with Crippen molar-refractivity contribution in [3.63, 3.8) is 0 Å². The number of hydrogen-bond donors (Lipinski definition) is 0. The van der Waals surface area contributed by atoms with Crippen molar-refractivity contribution >= 4 is 17.8 Å². The van der Waals surface area contributed by atoms with E-state index in [9.17, 15) is 9.59 Å². The number of esters is 2. The van der Waals surface area contributed by atoms with E-state index >= 15 is 0 Å². The molecule has 21 heavy (non-hydrogen) atoms. The van der Waals surface area contributed by atoms with Crippen LogP contribution in [-0.2, 0) is 19.1 Å². The Morgan fingerprint density at radius 2 is 1.76 bits per heavy atom. The minimum absolute atomic E-state index is 0.129. The van der Waals surface area contributed by atoms with Gasteiger partial charge in [-0.2, -0.15) is 0 Å². The molecule has 0 bridgehead atoms. The summed E-state index contributed by atoms with van der Waals surface area (Å²) < 4.78 is 14.6. The summed E-state index contributed by atoms with van der Waals surface area (Å²) in [6, 6.07) is 1.56. The largest absolute Gasteiger partial charge is 0.478 e. The first kappa shape index (κ1) is 16.7. The van der Waals surface area contributed by atoms with Gasteiger partial charge in [-0.15, -0.1) is 0 Å². The lowest BCUT2D eigenvalue weighted by Gasteiger charge is -2.21. The van der Waals surface area contributed by atoms with Gasteiger partial charge in [-0.25, -0.2) is 9.97 Å². The number of nitrogens with zero attached hydrogens (tertiary/aromatic N) is 3. The van der Waals surface area contributed by atoms with E-state index < -0.39 is 11.9 Å². The van der Waals surface area contributed by atoms with E-state index in [0.717, 1.165) is 6.42 Å². The molecule has 1 heterocycles. The Morgan fingerprint density at radius 3 is 2.29 bits per heavy atom. The van der Waals surface area contributed by atoms with E-state index in [0.29, 0.717) is 18.3 Å². The van der Waals surface area contributed by atoms with Crippen LogP contribution in [0, 0.1) is 0 Å². The highest BCUT2D eigenvalue weighted by molar-refractivity contribution is 5.80. The Labute approximate surface area is 123 Å². The number of methoxy groups -OCH3 is 2. The summed E-state index contributed by atoms with van der Waals surface area (Å²) in [6.45, 7) is 2.24. The van der Waals surface area contributed by atoms with Crippen LogP contribution >= 0.6 is 0 Å². The number of rotatable bonds is 8. The fourth-order valence-corrected chi connectivity index (χ4v) is 1.45. The lowest BCUT2D eigenvalue weighted by molar-refractivity contribution is -0.140. The molecule has 8 heteroatoms. The molecule has 0 saturated carbocycles. The number of hydrogen-bond acceptors (Lipinski definition) is 8. The molecule has 1 aromatic heterocycles. The highest BCUT2D eigenvalue weighted by Gasteiger charge is 2.18. The smallest absolute Gasteiger partial charge is 0.325 e. The fraction of sp³-hybridized carbons (Fsp3) is 0.538. The molecule has 1 rings (SSSR count). The third kappa shape index (κ3) is 5.64. The predicted octanol–water partition coefficient (Wildman–Crippen LogP) is 0.418. The van der Waals surface area contributed by atoms with Crippen LogP contribution in [0.15, 0.2) is 12.4 Å². The number of carbonyl (C=O) groups excluding carboxylic acids is 2. The molecular formula is C13H19N3O5. The zero-order chi connectivity index (χ0) is 15.7. The SMILES string of the molecule is CCCOc1cc(N(CC(=O)OC)CC(=O)OC)ncn1. The summed E-state index contributed by atoms with van der Waals surface area (Å²) in [5, 5.41) is 0. The van der Waals surface area contributed by atoms with Gasteiger partial charge in [-0.1, -0.05) is 6.92 Å². The van der Waals surface area contributed by atoms with Gasteiger partial charge in [0.2, 0.25) is 5.88 Å². The highest BCUT2D eigenvalue weighted by Crippen LogP contribution is 2.16. The Bertz CT molecular complexity index is 463. The maximum absolute atomic E-state index is 11.4. The van der Waals surface area contributed by atoms with Gasteiger partial charge in [0.15, 0.2) is 0 Å². The van der Waals surface area contributed by atoms with Crippen LogP contribution in [0.4, 0.5) is 5.82 Å². The average Bonchev–Trinajstić information content (AvgIpc) is 2.52. The number of carbonyl (C=O) groups is 2. The van der Waals surface area contributed by atoms with Gasteiger partial charge in [-0.3, -0.25) is 9.59 Å². The predicted molar refractivity (Wildman–Crippen MR) is 74.1 cm³/mol. The third-order valence-corrected chi connectivity index (χ3v) is 2.50. The molecule has 8 nitrogen and oxygen atoms in total. The first-order valence-corrected chi connectivity index (χ1v) is 6.44. The third-order valence-electron chi connectivity index (χ3n) is 2.50. The Balaban J connectivity index is 2.89. The molecule has 1 aromatic rings. The summed E-state index contributed by atoms with van der Waals surface area (Å²) in [6.07, 6.45) is 2.15. The highest BCUT2D eigenvalue weighted by atomic mass is 16.5. The minimum atomic E-state index is -0.492. The van der Waals surface area contributed by atoms with E-state index in [4.69, 9.17) is 4.74 Å². The van der Waals surface area contributed by atoms with Crippen LogP contribution in [0.3, 0.4) is 0 Å². The van der Waals surface area contributed by atoms with Crippen LogP contribution in [-0.4, -0.2) is 55.8 Å². The van der Waals surface area contributed by atoms with Gasteiger partial charge >= 0.3 is 11.9 Å². The van der Waals surface area contributed by atoms with Gasteiger partial charge in [0, 0.05) is 6.07 Å². The van der Waals surface area contributed by atoms with Crippen molar-refractivity contribution in [1.29, 1.82) is 0 Å². The van der Waals surface area contributed by atoms with Gasteiger partial charge in [0.05, 0.1) is 20.8 Å². The number of ether oxygens (including phenoxy) is 3. The summed E-state index contributed by atoms with van der Waals surface area (Å²) in [5.74, 6) is -0.226. The first-order valence-electron chi connectivity index (χ1n) is 6.44. The molecule has 0 atom stereocenters. The molecule has 0 unspecified atom stereocenters. The van der Waals surface area contributed by atoms with E-state index in [1.54, 1.807) is 6.07 Å². The molecule has 0 N–H and O–H groups in total. The zero-order valence-electron chi connectivity index (χ0n) is 12.4. The second kappa shape index (κ2) is 8.72. The zero-order valence-corrected chi connectivity index (χ0v) is 12.4. The maximum Gasteiger partial charge on any atom is 0.325 e. The van der Waals surface area contributed by atoms with Gasteiger partial charge in [-0.05, 0) is 6.42 Å². The lowest BCUT2D eigenvalue weighted by Crippen LogP contribution is -2.36. The van der Waals surface area contributed by atoms with Crippen LogP contribution in [0.2, 0.25) is 0 Å². The van der Waals surface area contributed by atoms with Crippen molar-refractivity contribution in [1.82, 2.24) is 9.97 Å². The van der Waals surface area contributed by atoms with Crippen molar-refractivity contribution in [2.75, 3.05) is 38.8 Å². The Hall–Kier alpha value is -2.38. The molecule has 0 amide bonds. The second-order valence-corrected chi connectivity index (χ2v) is 4.07. The molecule has 0 fully saturated rings. The van der Waals surface area contributed by atoms with Crippen LogP contribution in [0.1, 0.15) is 13.3 Å². The molecule has 0 aliphatic heterocycles. The van der Waals surface area contributed by atoms with Crippen LogP contribution < -0.4 is 9.64 Å². The van der Waals surface area contributed by atoms with Crippen molar-refractivity contribution in [3.05, 3.63) is 12.4 Å². The summed E-state index contributed by atoms with van der Waals surface area (Å²) >= 11 is 0. The molecule has 0 aliphatic rings. The summed E-state index contributed by atoms with van der Waals surface area (Å²) in [7, 11) is 2.54. The van der Waals surface area contributed by atoms with Crippen LogP contribution in [0.5, 0.6) is 5.88 Å². The van der Waals surface area contributed by atoms with Crippen LogP contribution in [0.25, 0.3) is 0 Å². The molecule has 116 valence electrons. The molecule has 0 radical (unpaired) electrons. The number of aromatic nitrogens is 2. The fourth-order valence-electron chi connectivity index (χ4n) is 1.45. The van der Waals surface area contributed by atoms with Crippen molar-refractivity contribution < 1.29 is 23.8 Å². The van der Waals surface area contributed by atoms with Crippen molar-refractivity contribution in [3.8, 4) is 5.88 Å². The average molecular weight is 297 g/mol. The van der Waals surface area contributed by atoms with Crippen molar-refractivity contribution in [2.24, 2.45) is 0 Å². The monoisotopic (exact) mass is 297 g/mol. The number of anilines is 1. The summed E-state index contributed by atoms with van der Waals surface area (Å²) in [4.78, 5) is 32.3. The molecule has 0 aromatic carbocycles. The molecule has 0 aliphatic carbocycles. The van der Waals surface area contributed by atoms with E-state index in [-0.39, 0.29) is 13.1 Å². The van der Waals surface area contributed by atoms with E-state index in [2.05, 4.69) is 19.4 Å². The Kier molecular flexibility index (Phi) is 6.93. The normalized spacial score (nSPS) is 9.86. The molecule has 0 saturated heterocycles. The minimum Gasteiger partial charge on any atom is -0.478 e. The standard InChI is InChI=1S/C13H19N3O5/c1-4-5-21-11-6-10(14-9-15-11)16(7-12(17)19-2)8-13(18)20-3/h6,9H,4-5,7-8H2,1-3H3. The van der Waals surface area contributed by atoms with Crippen molar-refractivity contribution in [2.45, 2.75) is 13.3 Å². The van der Waals surface area contributed by atoms with Gasteiger partial charge in [0.25, 0.3) is 0 Å². The molecular weight excluding hydrogens is 278 g/mol. The molecule has 0 spiro atoms. The van der Waals surface area contributed by atoms with E-state index in [1.165, 1.54) is 25.4 Å². The second-order valence-electron chi connectivity index (χ2n) is 4.07. The maximum atomic E-state index is 11.4.